The quantitative estimate of drug-likeness (QED) is 0.863. The Morgan fingerprint density at radius 2 is 1.86 bits per heavy atom. The van der Waals surface area contributed by atoms with Gasteiger partial charge in [0.2, 0.25) is 0 Å². The number of hydrogen-bond donors (Lipinski definition) is 2. The number of benzene rings is 1. The van der Waals surface area contributed by atoms with Gasteiger partial charge < -0.3 is 15.2 Å². The fraction of sp³-hybridized carbons (Fsp3) is 0.571. The van der Waals surface area contributed by atoms with Crippen molar-refractivity contribution in [1.29, 1.82) is 0 Å². The molecule has 1 heterocycles. The highest BCUT2D eigenvalue weighted by molar-refractivity contribution is 5.85. The van der Waals surface area contributed by atoms with E-state index in [2.05, 4.69) is 15.0 Å². The Balaban J connectivity index is 0.00000242. The van der Waals surface area contributed by atoms with Crippen molar-refractivity contribution in [2.75, 3.05) is 32.8 Å². The van der Waals surface area contributed by atoms with Crippen LogP contribution in [0.25, 0.3) is 0 Å². The van der Waals surface area contributed by atoms with Gasteiger partial charge in [0.15, 0.2) is 0 Å². The molecule has 4 nitrogen and oxygen atoms in total. The molecule has 0 saturated carbocycles. The first kappa shape index (κ1) is 19.0. The molecule has 2 rings (SSSR count). The minimum Gasteiger partial charge on any atom is -0.405 e. The summed E-state index contributed by atoms with van der Waals surface area (Å²) in [5, 5.41) is 12.4. The molecule has 1 aliphatic heterocycles. The van der Waals surface area contributed by atoms with Gasteiger partial charge in [-0.2, -0.15) is 0 Å². The van der Waals surface area contributed by atoms with E-state index >= 15 is 0 Å². The summed E-state index contributed by atoms with van der Waals surface area (Å²) >= 11 is 0. The SMILES string of the molecule is Cl.OCC[C@@H](c1ccccc1OC(F)(F)F)N1CCNCC1. The van der Waals surface area contributed by atoms with E-state index in [9.17, 15) is 18.3 Å². The van der Waals surface area contributed by atoms with Crippen molar-refractivity contribution in [2.24, 2.45) is 0 Å². The number of aliphatic hydroxyl groups is 1. The Kier molecular flexibility index (Phi) is 7.41. The largest absolute Gasteiger partial charge is 0.573 e. The number of piperazine rings is 1. The second kappa shape index (κ2) is 8.57. The van der Waals surface area contributed by atoms with Crippen molar-refractivity contribution >= 4 is 12.4 Å². The molecule has 1 aromatic carbocycles. The molecule has 0 spiro atoms. The van der Waals surface area contributed by atoms with E-state index in [0.717, 1.165) is 26.2 Å². The van der Waals surface area contributed by atoms with Gasteiger partial charge in [-0.25, -0.2) is 0 Å². The van der Waals surface area contributed by atoms with Gasteiger partial charge >= 0.3 is 6.36 Å². The number of rotatable bonds is 5. The van der Waals surface area contributed by atoms with Crippen LogP contribution in [0.2, 0.25) is 0 Å². The minimum absolute atomic E-state index is 0. The van der Waals surface area contributed by atoms with E-state index in [0.29, 0.717) is 12.0 Å². The van der Waals surface area contributed by atoms with Crippen molar-refractivity contribution < 1.29 is 23.0 Å². The average molecular weight is 341 g/mol. The summed E-state index contributed by atoms with van der Waals surface area (Å²) < 4.78 is 41.7. The summed E-state index contributed by atoms with van der Waals surface area (Å²) in [6, 6.07) is 5.86. The van der Waals surface area contributed by atoms with E-state index in [1.54, 1.807) is 12.1 Å². The van der Waals surface area contributed by atoms with E-state index in [4.69, 9.17) is 0 Å². The maximum Gasteiger partial charge on any atom is 0.573 e. The van der Waals surface area contributed by atoms with Crippen molar-refractivity contribution in [3.63, 3.8) is 0 Å². The number of halogens is 4. The molecule has 1 aliphatic rings. The van der Waals surface area contributed by atoms with Crippen molar-refractivity contribution in [2.45, 2.75) is 18.8 Å². The molecular weight excluding hydrogens is 321 g/mol. The van der Waals surface area contributed by atoms with E-state index in [1.807, 2.05) is 0 Å². The zero-order chi connectivity index (χ0) is 15.3. The monoisotopic (exact) mass is 340 g/mol. The number of aliphatic hydroxyl groups excluding tert-OH is 1. The number of para-hydroxylation sites is 1. The molecule has 0 aliphatic carbocycles. The fourth-order valence-electron chi connectivity index (χ4n) is 2.62. The molecule has 0 aromatic heterocycles. The van der Waals surface area contributed by atoms with Gasteiger partial charge in [-0.3, -0.25) is 4.90 Å². The summed E-state index contributed by atoms with van der Waals surface area (Å²) in [6.45, 7) is 2.93. The highest BCUT2D eigenvalue weighted by Crippen LogP contribution is 2.34. The standard InChI is InChI=1S/C14H19F3N2O2.ClH/c15-14(16,17)21-13-4-2-1-3-11(13)12(5-10-20)19-8-6-18-7-9-19;/h1-4,12,18,20H,5-10H2;1H/t12-;/m0./s1. The topological polar surface area (TPSA) is 44.7 Å². The molecule has 2 N–H and O–H groups in total. The number of nitrogens with zero attached hydrogens (tertiary/aromatic N) is 1. The maximum atomic E-state index is 12.5. The highest BCUT2D eigenvalue weighted by atomic mass is 35.5. The van der Waals surface area contributed by atoms with E-state index < -0.39 is 6.36 Å². The summed E-state index contributed by atoms with van der Waals surface area (Å²) in [6.07, 6.45) is -4.35. The number of nitrogens with one attached hydrogen (secondary N) is 1. The minimum atomic E-state index is -4.72. The highest BCUT2D eigenvalue weighted by Gasteiger charge is 2.33. The van der Waals surface area contributed by atoms with Crippen LogP contribution in [0.15, 0.2) is 24.3 Å². The molecule has 126 valence electrons. The lowest BCUT2D eigenvalue weighted by atomic mass is 10.0. The molecule has 0 radical (unpaired) electrons. The first-order valence-corrected chi connectivity index (χ1v) is 6.91. The molecule has 0 amide bonds. The first-order chi connectivity index (χ1) is 10.0. The van der Waals surface area contributed by atoms with Gasteiger partial charge in [0.05, 0.1) is 0 Å². The summed E-state index contributed by atoms with van der Waals surface area (Å²) in [4.78, 5) is 2.07. The van der Waals surface area contributed by atoms with Crippen LogP contribution in [0.4, 0.5) is 13.2 Å². The molecule has 0 bridgehead atoms. The Morgan fingerprint density at radius 1 is 1.23 bits per heavy atom. The average Bonchev–Trinajstić information content (AvgIpc) is 2.45. The molecular formula is C14H20ClF3N2O2. The molecule has 0 unspecified atom stereocenters. The second-order valence-electron chi connectivity index (χ2n) is 4.90. The van der Waals surface area contributed by atoms with Crippen molar-refractivity contribution in [1.82, 2.24) is 10.2 Å². The Bertz CT molecular complexity index is 454. The summed E-state index contributed by atoms with van der Waals surface area (Å²) in [5.41, 5.74) is 0.464. The normalized spacial score (nSPS) is 17.6. The molecule has 1 atom stereocenters. The zero-order valence-electron chi connectivity index (χ0n) is 12.0. The zero-order valence-corrected chi connectivity index (χ0v) is 12.8. The number of ether oxygens (including phenoxy) is 1. The summed E-state index contributed by atoms with van der Waals surface area (Å²) in [7, 11) is 0. The molecule has 8 heteroatoms. The molecule has 22 heavy (non-hydrogen) atoms. The second-order valence-corrected chi connectivity index (χ2v) is 4.90. The van der Waals surface area contributed by atoms with Gasteiger partial charge in [-0.1, -0.05) is 18.2 Å². The van der Waals surface area contributed by atoms with Crippen LogP contribution < -0.4 is 10.1 Å². The van der Waals surface area contributed by atoms with Crippen LogP contribution in [0.5, 0.6) is 5.75 Å². The van der Waals surface area contributed by atoms with Crippen LogP contribution in [0.1, 0.15) is 18.0 Å². The van der Waals surface area contributed by atoms with Crippen LogP contribution >= 0.6 is 12.4 Å². The molecule has 1 fully saturated rings. The predicted octanol–water partition coefficient (Wildman–Crippen LogP) is 2.34. The van der Waals surface area contributed by atoms with Gasteiger partial charge in [0.25, 0.3) is 0 Å². The summed E-state index contributed by atoms with van der Waals surface area (Å²) in [5.74, 6) is -0.193. The smallest absolute Gasteiger partial charge is 0.405 e. The lowest BCUT2D eigenvalue weighted by Crippen LogP contribution is -2.45. The third-order valence-corrected chi connectivity index (χ3v) is 3.50. The predicted molar refractivity (Wildman–Crippen MR) is 79.3 cm³/mol. The van der Waals surface area contributed by atoms with Gasteiger partial charge in [-0.05, 0) is 12.5 Å². The Labute approximate surface area is 133 Å². The van der Waals surface area contributed by atoms with Crippen molar-refractivity contribution in [3.05, 3.63) is 29.8 Å². The van der Waals surface area contributed by atoms with Crippen LogP contribution in [-0.4, -0.2) is 49.2 Å². The van der Waals surface area contributed by atoms with Crippen LogP contribution in [-0.2, 0) is 0 Å². The van der Waals surface area contributed by atoms with Gasteiger partial charge in [0, 0.05) is 44.4 Å². The maximum absolute atomic E-state index is 12.5. The van der Waals surface area contributed by atoms with E-state index in [-0.39, 0.29) is 30.8 Å². The van der Waals surface area contributed by atoms with Gasteiger partial charge in [-0.15, -0.1) is 25.6 Å². The Hall–Kier alpha value is -1.02. The third-order valence-electron chi connectivity index (χ3n) is 3.50. The molecule has 1 saturated heterocycles. The Morgan fingerprint density at radius 3 is 2.45 bits per heavy atom. The van der Waals surface area contributed by atoms with E-state index in [1.165, 1.54) is 12.1 Å². The van der Waals surface area contributed by atoms with Crippen molar-refractivity contribution in [3.8, 4) is 5.75 Å². The first-order valence-electron chi connectivity index (χ1n) is 6.91. The fourth-order valence-corrected chi connectivity index (χ4v) is 2.62. The van der Waals surface area contributed by atoms with Crippen LogP contribution in [0.3, 0.4) is 0 Å². The number of hydrogen-bond acceptors (Lipinski definition) is 4. The lowest BCUT2D eigenvalue weighted by molar-refractivity contribution is -0.275. The molecule has 1 aromatic rings. The van der Waals surface area contributed by atoms with Gasteiger partial charge in [0.1, 0.15) is 5.75 Å². The number of alkyl halides is 3. The van der Waals surface area contributed by atoms with Crippen LogP contribution in [0, 0.1) is 0 Å². The third kappa shape index (κ3) is 5.31. The lowest BCUT2D eigenvalue weighted by Gasteiger charge is -2.35.